The molecule has 2 aromatic rings. The SMILES string of the molecule is Cc1ccc(/C=C/C(=O)O[C@H]2C(CO[C@@H]3OC(C)[C@H](O)[C@H](O)C3O)O[C@@H](OCCc3ccc(O)c(O)c3)C(O)[C@H]2O)cc1O. The number of hydrogen-bond acceptors (Lipinski definition) is 14. The number of ether oxygens (including phenoxy) is 5. The van der Waals surface area contributed by atoms with Crippen LogP contribution in [-0.4, -0.2) is 121 Å². The van der Waals surface area contributed by atoms with Gasteiger partial charge in [-0.05, 0) is 61.2 Å². The lowest BCUT2D eigenvalue weighted by atomic mass is 9.98. The van der Waals surface area contributed by atoms with E-state index in [0.29, 0.717) is 16.7 Å². The lowest BCUT2D eigenvalue weighted by molar-refractivity contribution is -0.328. The number of phenols is 3. The molecule has 2 aromatic carbocycles. The smallest absolute Gasteiger partial charge is 0.331 e. The zero-order chi connectivity index (χ0) is 32.1. The first kappa shape index (κ1) is 33.6. The Labute approximate surface area is 252 Å². The van der Waals surface area contributed by atoms with Gasteiger partial charge in [-0.3, -0.25) is 0 Å². The Morgan fingerprint density at radius 3 is 2.23 bits per heavy atom. The van der Waals surface area contributed by atoms with Crippen LogP contribution in [0.15, 0.2) is 42.5 Å². The third-order valence-corrected chi connectivity index (χ3v) is 7.48. The fourth-order valence-electron chi connectivity index (χ4n) is 4.75. The first-order chi connectivity index (χ1) is 20.8. The van der Waals surface area contributed by atoms with Gasteiger partial charge in [0.05, 0.1) is 19.3 Å². The van der Waals surface area contributed by atoms with Crippen molar-refractivity contribution in [3.8, 4) is 17.2 Å². The summed E-state index contributed by atoms with van der Waals surface area (Å²) in [5, 5.41) is 81.2. The summed E-state index contributed by atoms with van der Waals surface area (Å²) in [6, 6.07) is 8.98. The average molecular weight is 623 g/mol. The number of carbonyl (C=O) groups is 1. The molecule has 44 heavy (non-hydrogen) atoms. The molecule has 0 aromatic heterocycles. The molecule has 0 bridgehead atoms. The van der Waals surface area contributed by atoms with E-state index in [9.17, 15) is 45.6 Å². The largest absolute Gasteiger partial charge is 0.508 e. The highest BCUT2D eigenvalue weighted by molar-refractivity contribution is 5.87. The number of aryl methyl sites for hydroxylation is 1. The number of benzene rings is 2. The lowest BCUT2D eigenvalue weighted by Crippen LogP contribution is -2.62. The molecule has 0 saturated carbocycles. The molecule has 242 valence electrons. The fourth-order valence-corrected chi connectivity index (χ4v) is 4.75. The number of hydrogen-bond donors (Lipinski definition) is 8. The zero-order valence-electron chi connectivity index (χ0n) is 24.0. The molecular weight excluding hydrogens is 584 g/mol. The van der Waals surface area contributed by atoms with Gasteiger partial charge in [-0.15, -0.1) is 0 Å². The van der Waals surface area contributed by atoms with Crippen molar-refractivity contribution in [1.82, 2.24) is 0 Å². The summed E-state index contributed by atoms with van der Waals surface area (Å²) in [6.45, 7) is 2.66. The molecule has 2 aliphatic rings. The normalized spacial score (nSPS) is 32.5. The van der Waals surface area contributed by atoms with E-state index in [2.05, 4.69) is 0 Å². The molecule has 0 spiro atoms. The maximum atomic E-state index is 12.7. The third kappa shape index (κ3) is 8.04. The van der Waals surface area contributed by atoms with Gasteiger partial charge in [0.2, 0.25) is 0 Å². The topological polar surface area (TPSA) is 225 Å². The average Bonchev–Trinajstić information content (AvgIpc) is 2.99. The van der Waals surface area contributed by atoms with Crippen LogP contribution < -0.4 is 0 Å². The van der Waals surface area contributed by atoms with Crippen molar-refractivity contribution in [2.24, 2.45) is 0 Å². The Kier molecular flexibility index (Phi) is 11.2. The predicted molar refractivity (Wildman–Crippen MR) is 150 cm³/mol. The summed E-state index contributed by atoms with van der Waals surface area (Å²) in [5.74, 6) is -1.49. The van der Waals surface area contributed by atoms with Gasteiger partial charge < -0.3 is 64.5 Å². The maximum absolute atomic E-state index is 12.7. The number of rotatable bonds is 10. The van der Waals surface area contributed by atoms with Gasteiger partial charge in [-0.25, -0.2) is 4.79 Å². The molecule has 0 amide bonds. The van der Waals surface area contributed by atoms with E-state index in [-0.39, 0.29) is 30.3 Å². The summed E-state index contributed by atoms with van der Waals surface area (Å²) < 4.78 is 28.0. The van der Waals surface area contributed by atoms with Gasteiger partial charge in [0, 0.05) is 6.08 Å². The Balaban J connectivity index is 1.45. The van der Waals surface area contributed by atoms with E-state index in [1.165, 1.54) is 31.2 Å². The highest BCUT2D eigenvalue weighted by Gasteiger charge is 2.49. The van der Waals surface area contributed by atoms with Crippen LogP contribution in [0, 0.1) is 6.92 Å². The molecule has 8 N–H and O–H groups in total. The van der Waals surface area contributed by atoms with Crippen LogP contribution in [0.2, 0.25) is 0 Å². The second-order valence-corrected chi connectivity index (χ2v) is 10.8. The minimum absolute atomic E-state index is 0.0317. The maximum Gasteiger partial charge on any atom is 0.331 e. The van der Waals surface area contributed by atoms with Crippen molar-refractivity contribution in [1.29, 1.82) is 0 Å². The van der Waals surface area contributed by atoms with Gasteiger partial charge in [0.15, 0.2) is 30.2 Å². The van der Waals surface area contributed by atoms with Crippen LogP contribution >= 0.6 is 0 Å². The number of phenolic OH excluding ortho intramolecular Hbond substituents is 3. The van der Waals surface area contributed by atoms with E-state index in [0.717, 1.165) is 6.08 Å². The molecular formula is C30H38O14. The number of aromatic hydroxyl groups is 3. The van der Waals surface area contributed by atoms with Crippen molar-refractivity contribution in [3.63, 3.8) is 0 Å². The molecule has 14 nitrogen and oxygen atoms in total. The monoisotopic (exact) mass is 622 g/mol. The molecule has 4 unspecified atom stereocenters. The predicted octanol–water partition coefficient (Wildman–Crippen LogP) is -0.413. The zero-order valence-corrected chi connectivity index (χ0v) is 24.0. The molecule has 10 atom stereocenters. The van der Waals surface area contributed by atoms with Gasteiger partial charge >= 0.3 is 5.97 Å². The van der Waals surface area contributed by atoms with Crippen LogP contribution in [0.1, 0.15) is 23.6 Å². The van der Waals surface area contributed by atoms with Gasteiger partial charge in [0.25, 0.3) is 0 Å². The second-order valence-electron chi connectivity index (χ2n) is 10.8. The van der Waals surface area contributed by atoms with Gasteiger partial charge in [-0.1, -0.05) is 18.2 Å². The van der Waals surface area contributed by atoms with Gasteiger partial charge in [0.1, 0.15) is 42.4 Å². The fraction of sp³-hybridized carbons (Fsp3) is 0.500. The minimum Gasteiger partial charge on any atom is -0.508 e. The summed E-state index contributed by atoms with van der Waals surface area (Å²) in [6.07, 6.45) is -11.8. The van der Waals surface area contributed by atoms with E-state index < -0.39 is 74.0 Å². The highest BCUT2D eigenvalue weighted by atomic mass is 16.7. The van der Waals surface area contributed by atoms with E-state index in [1.807, 2.05) is 0 Å². The summed E-state index contributed by atoms with van der Waals surface area (Å²) in [4.78, 5) is 12.7. The van der Waals surface area contributed by atoms with Crippen LogP contribution in [0.25, 0.3) is 6.08 Å². The first-order valence-corrected chi connectivity index (χ1v) is 14.0. The molecule has 4 rings (SSSR count). The van der Waals surface area contributed by atoms with Crippen molar-refractivity contribution < 1.29 is 69.3 Å². The molecule has 2 saturated heterocycles. The molecule has 2 fully saturated rings. The van der Waals surface area contributed by atoms with E-state index in [4.69, 9.17) is 23.7 Å². The van der Waals surface area contributed by atoms with Crippen LogP contribution in [0.4, 0.5) is 0 Å². The molecule has 2 aliphatic heterocycles. The summed E-state index contributed by atoms with van der Waals surface area (Å²) in [5.41, 5.74) is 1.74. The van der Waals surface area contributed by atoms with Crippen molar-refractivity contribution in [2.45, 2.75) is 81.7 Å². The Morgan fingerprint density at radius 1 is 0.818 bits per heavy atom. The quantitative estimate of drug-likeness (QED) is 0.0958. The first-order valence-electron chi connectivity index (χ1n) is 14.0. The number of aliphatic hydroxyl groups is 5. The molecule has 14 heteroatoms. The van der Waals surface area contributed by atoms with Crippen LogP contribution in [0.3, 0.4) is 0 Å². The standard InChI is InChI=1S/C30H38O14/c1-14-3-4-16(11-19(14)32)6-8-22(34)44-28-21(13-41-30-26(38)24(36)23(35)15(2)42-30)43-29(27(39)25(28)37)40-10-9-17-5-7-18(31)20(33)12-17/h3-8,11-12,15,21,23-33,35-39H,9-10,13H2,1-2H3/b8-6+/t15?,21?,23-,24-,25+,26?,27?,28-,29+,30+/m0/s1. The van der Waals surface area contributed by atoms with E-state index in [1.54, 1.807) is 25.1 Å². The summed E-state index contributed by atoms with van der Waals surface area (Å²) in [7, 11) is 0. The van der Waals surface area contributed by atoms with E-state index >= 15 is 0 Å². The summed E-state index contributed by atoms with van der Waals surface area (Å²) >= 11 is 0. The van der Waals surface area contributed by atoms with Crippen LogP contribution in [0.5, 0.6) is 17.2 Å². The Morgan fingerprint density at radius 2 is 1.52 bits per heavy atom. The van der Waals surface area contributed by atoms with Crippen molar-refractivity contribution in [2.75, 3.05) is 13.2 Å². The van der Waals surface area contributed by atoms with Crippen LogP contribution in [-0.2, 0) is 34.9 Å². The second kappa shape index (κ2) is 14.6. The number of aliphatic hydroxyl groups excluding tert-OH is 5. The minimum atomic E-state index is -1.72. The van der Waals surface area contributed by atoms with Crippen molar-refractivity contribution in [3.05, 3.63) is 59.2 Å². The van der Waals surface area contributed by atoms with Crippen molar-refractivity contribution >= 4 is 12.0 Å². The van der Waals surface area contributed by atoms with Gasteiger partial charge in [-0.2, -0.15) is 0 Å². The molecule has 0 radical (unpaired) electrons. The Hall–Kier alpha value is -3.31. The highest BCUT2D eigenvalue weighted by Crippen LogP contribution is 2.29. The number of carbonyl (C=O) groups excluding carboxylic acids is 1. The lowest BCUT2D eigenvalue weighted by Gasteiger charge is -2.43. The number of esters is 1. The Bertz CT molecular complexity index is 1300. The molecule has 0 aliphatic carbocycles. The molecule has 2 heterocycles. The third-order valence-electron chi connectivity index (χ3n) is 7.48.